The molecule has 40 heavy (non-hydrogen) atoms. The van der Waals surface area contributed by atoms with E-state index >= 15 is 0 Å². The molecule has 0 bridgehead atoms. The first-order valence-electron chi connectivity index (χ1n) is 15.8. The van der Waals surface area contributed by atoms with Crippen molar-refractivity contribution in [3.8, 4) is 0 Å². The van der Waals surface area contributed by atoms with Crippen LogP contribution in [0.4, 0.5) is 0 Å². The third-order valence-electron chi connectivity index (χ3n) is 9.52. The molecule has 0 spiro atoms. The number of hydrogen-bond acceptors (Lipinski definition) is 0. The van der Waals surface area contributed by atoms with E-state index in [1.54, 1.807) is 5.19 Å². The minimum atomic E-state index is -1.70. The molecule has 1 aromatic rings. The van der Waals surface area contributed by atoms with E-state index in [9.17, 15) is 0 Å². The highest BCUT2D eigenvalue weighted by Gasteiger charge is 2.37. The van der Waals surface area contributed by atoms with Gasteiger partial charge in [0, 0.05) is 0 Å². The third-order valence-corrected chi connectivity index (χ3v) is 27.3. The van der Waals surface area contributed by atoms with Crippen LogP contribution in [0.1, 0.15) is 19.3 Å². The van der Waals surface area contributed by atoms with Crippen molar-refractivity contribution in [2.75, 3.05) is 0 Å². The minimum absolute atomic E-state index is 1.21. The summed E-state index contributed by atoms with van der Waals surface area (Å²) < 4.78 is 0. The Kier molecular flexibility index (Phi) is 17.2. The molecule has 0 amide bonds. The van der Waals surface area contributed by atoms with Crippen LogP contribution in [0.25, 0.3) is 0 Å². The molecule has 0 aliphatic carbocycles. The van der Waals surface area contributed by atoms with Crippen molar-refractivity contribution in [2.24, 2.45) is 0 Å². The Labute approximate surface area is 254 Å². The summed E-state index contributed by atoms with van der Waals surface area (Å²) in [7, 11) is -5.78. The molecule has 1 rings (SSSR count). The van der Waals surface area contributed by atoms with Crippen molar-refractivity contribution in [1.82, 2.24) is 0 Å². The molecule has 0 saturated carbocycles. The van der Waals surface area contributed by atoms with Crippen LogP contribution >= 0.6 is 0 Å². The van der Waals surface area contributed by atoms with Gasteiger partial charge in [0.15, 0.2) is 0 Å². The van der Waals surface area contributed by atoms with Gasteiger partial charge in [-0.1, -0.05) is 147 Å². The third kappa shape index (κ3) is 12.6. The molecule has 0 nitrogen and oxygen atoms in total. The monoisotopic (exact) mass is 606 g/mol. The zero-order valence-corrected chi connectivity index (χ0v) is 30.7. The quantitative estimate of drug-likeness (QED) is 0.0767. The van der Waals surface area contributed by atoms with Gasteiger partial charge in [-0.15, -0.1) is 39.5 Å². The maximum atomic E-state index is 4.11. The van der Waals surface area contributed by atoms with Crippen molar-refractivity contribution in [3.05, 3.63) is 106 Å². The minimum Gasteiger partial charge on any atom is -0.103 e. The second kappa shape index (κ2) is 18.9. The highest BCUT2D eigenvalue weighted by atomic mass is 28.3. The second-order valence-electron chi connectivity index (χ2n) is 13.6. The van der Waals surface area contributed by atoms with E-state index in [0.29, 0.717) is 0 Å². The molecular formula is C36H62Si4. The lowest BCUT2D eigenvalue weighted by atomic mass is 10.4. The van der Waals surface area contributed by atoms with Gasteiger partial charge in [-0.2, -0.15) is 0 Å². The second-order valence-corrected chi connectivity index (χ2v) is 33.0. The molecule has 0 aliphatic heterocycles. The van der Waals surface area contributed by atoms with Crippen molar-refractivity contribution in [2.45, 2.75) is 111 Å². The Morgan fingerprint density at radius 1 is 0.450 bits per heavy atom. The lowest BCUT2D eigenvalue weighted by Gasteiger charge is -2.37. The summed E-state index contributed by atoms with van der Waals surface area (Å²) in [5.74, 6) is 0. The van der Waals surface area contributed by atoms with Crippen LogP contribution < -0.4 is 5.19 Å². The molecule has 0 fully saturated rings. The van der Waals surface area contributed by atoms with Crippen molar-refractivity contribution in [1.29, 1.82) is 0 Å². The van der Waals surface area contributed by atoms with Crippen molar-refractivity contribution < 1.29 is 0 Å². The summed E-state index contributed by atoms with van der Waals surface area (Å²) in [4.78, 5) is 0. The summed E-state index contributed by atoms with van der Waals surface area (Å²) in [6.45, 7) is 32.4. The maximum absolute atomic E-state index is 4.11. The standard InChI is InChI=1S/C36H62Si4/c1-10-24-37(7,25-11-2)30-19-33-40(36-22-17-16-18-23-36,34-20-31-38(8,26-12-3)27-13-4)35-21-32-39(9,28-14-5)29-15-6/h10-18,22-23H,1-6,19-21,24-35H2,7-9H3. The molecule has 1 aromatic carbocycles. The van der Waals surface area contributed by atoms with Crippen LogP contribution in [0.3, 0.4) is 0 Å². The average Bonchev–Trinajstić information content (AvgIpc) is 2.89. The van der Waals surface area contributed by atoms with Crippen LogP contribution in [0.2, 0.25) is 92.2 Å². The van der Waals surface area contributed by atoms with Gasteiger partial charge in [-0.05, 0) is 36.3 Å². The smallest absolute Gasteiger partial charge is 0.0866 e. The fourth-order valence-electron chi connectivity index (χ4n) is 7.11. The molecule has 0 saturated heterocycles. The fourth-order valence-corrected chi connectivity index (χ4v) is 22.2. The Morgan fingerprint density at radius 2 is 0.725 bits per heavy atom. The lowest BCUT2D eigenvalue weighted by molar-refractivity contribution is 0.908. The summed E-state index contributed by atoms with van der Waals surface area (Å²) in [6.07, 6.45) is 17.1. The lowest BCUT2D eigenvalue weighted by Crippen LogP contribution is -2.48. The Hall–Kier alpha value is -1.47. The maximum Gasteiger partial charge on any atom is 0.0866 e. The number of rotatable bonds is 25. The van der Waals surface area contributed by atoms with E-state index in [-0.39, 0.29) is 0 Å². The zero-order valence-electron chi connectivity index (χ0n) is 26.7. The van der Waals surface area contributed by atoms with Gasteiger partial charge in [0.2, 0.25) is 0 Å². The molecule has 4 heteroatoms. The van der Waals surface area contributed by atoms with Gasteiger partial charge in [0.05, 0.1) is 32.3 Å². The van der Waals surface area contributed by atoms with Gasteiger partial charge in [-0.3, -0.25) is 0 Å². The SMILES string of the molecule is C=CC[Si](C)(CC=C)CCC[Si](CCC[Si](C)(CC=C)CC=C)(CCC[Si](C)(CC=C)CC=C)c1ccccc1. The Bertz CT molecular complexity index is 798. The van der Waals surface area contributed by atoms with Crippen molar-refractivity contribution in [3.63, 3.8) is 0 Å². The van der Waals surface area contributed by atoms with Crippen molar-refractivity contribution >= 4 is 37.5 Å². The zero-order chi connectivity index (χ0) is 30.0. The number of allylic oxidation sites excluding steroid dienone is 6. The van der Waals surface area contributed by atoms with E-state index in [2.05, 4.69) is 126 Å². The first-order chi connectivity index (χ1) is 19.1. The van der Waals surface area contributed by atoms with Crippen LogP contribution in [-0.2, 0) is 0 Å². The molecule has 0 unspecified atom stereocenters. The summed E-state index contributed by atoms with van der Waals surface area (Å²) in [5, 5.41) is 1.71. The molecule has 0 aliphatic rings. The predicted molar refractivity (Wildman–Crippen MR) is 199 cm³/mol. The molecule has 0 atom stereocenters. The Balaban J connectivity index is 3.32. The average molecular weight is 607 g/mol. The Morgan fingerprint density at radius 3 is 0.975 bits per heavy atom. The summed E-state index contributed by atoms with van der Waals surface area (Å²) in [6, 6.07) is 27.5. The van der Waals surface area contributed by atoms with Gasteiger partial charge < -0.3 is 0 Å². The van der Waals surface area contributed by atoms with Crippen LogP contribution in [-0.4, -0.2) is 32.3 Å². The number of benzene rings is 1. The van der Waals surface area contributed by atoms with E-state index in [1.165, 1.54) is 91.8 Å². The van der Waals surface area contributed by atoms with Gasteiger partial charge in [0.1, 0.15) is 0 Å². The molecule has 222 valence electrons. The molecule has 0 N–H and O–H groups in total. The van der Waals surface area contributed by atoms with Gasteiger partial charge in [-0.25, -0.2) is 0 Å². The topological polar surface area (TPSA) is 0 Å². The normalized spacial score (nSPS) is 12.5. The molecule has 0 aromatic heterocycles. The summed E-state index contributed by atoms with van der Waals surface area (Å²) in [5.41, 5.74) is 0. The van der Waals surface area contributed by atoms with Crippen LogP contribution in [0.5, 0.6) is 0 Å². The summed E-state index contributed by atoms with van der Waals surface area (Å²) >= 11 is 0. The first-order valence-corrected chi connectivity index (χ1v) is 27.8. The highest BCUT2D eigenvalue weighted by molar-refractivity contribution is 6.92. The predicted octanol–water partition coefficient (Wildman–Crippen LogP) is 11.9. The van der Waals surface area contributed by atoms with E-state index in [4.69, 9.17) is 0 Å². The van der Waals surface area contributed by atoms with E-state index in [0.717, 1.165) is 0 Å². The number of hydrogen-bond donors (Lipinski definition) is 0. The molecular weight excluding hydrogens is 545 g/mol. The van der Waals surface area contributed by atoms with Crippen LogP contribution in [0, 0.1) is 0 Å². The van der Waals surface area contributed by atoms with E-state index in [1.807, 2.05) is 0 Å². The fraction of sp³-hybridized carbons (Fsp3) is 0.500. The van der Waals surface area contributed by atoms with Gasteiger partial charge in [0.25, 0.3) is 0 Å². The molecule has 0 radical (unpaired) electrons. The first kappa shape index (κ1) is 36.6. The van der Waals surface area contributed by atoms with Crippen LogP contribution in [0.15, 0.2) is 106 Å². The molecule has 0 heterocycles. The largest absolute Gasteiger partial charge is 0.103 e. The highest BCUT2D eigenvalue weighted by Crippen LogP contribution is 2.36. The van der Waals surface area contributed by atoms with Gasteiger partial charge >= 0.3 is 0 Å². The van der Waals surface area contributed by atoms with E-state index < -0.39 is 32.3 Å².